The minimum absolute atomic E-state index is 0.00367. The molecule has 0 aromatic heterocycles. The normalized spacial score (nSPS) is 28.7. The van der Waals surface area contributed by atoms with Gasteiger partial charge < -0.3 is 10.2 Å². The van der Waals surface area contributed by atoms with Gasteiger partial charge in [-0.05, 0) is 67.5 Å². The Morgan fingerprint density at radius 1 is 1.14 bits per heavy atom. The maximum absolute atomic E-state index is 12.5. The Hall–Kier alpha value is -1.85. The molecule has 4 nitrogen and oxygen atoms in total. The number of hydrogen-bond acceptors (Lipinski definition) is 4. The average Bonchev–Trinajstić information content (AvgIpc) is 2.70. The van der Waals surface area contributed by atoms with Crippen LogP contribution in [0.5, 0.6) is 11.5 Å². The van der Waals surface area contributed by atoms with Crippen molar-refractivity contribution >= 4 is 21.7 Å². The average molecular weight is 456 g/mol. The van der Waals surface area contributed by atoms with E-state index in [-0.39, 0.29) is 16.9 Å². The number of fused-ring (bicyclic) bond motifs is 1. The second kappa shape index (κ2) is 7.13. The van der Waals surface area contributed by atoms with E-state index in [4.69, 9.17) is 0 Å². The van der Waals surface area contributed by atoms with E-state index in [0.717, 1.165) is 54.4 Å². The summed E-state index contributed by atoms with van der Waals surface area (Å²) in [6.45, 7) is 1.94. The lowest BCUT2D eigenvalue weighted by molar-refractivity contribution is -0.127. The van der Waals surface area contributed by atoms with Gasteiger partial charge in [0.1, 0.15) is 5.78 Å². The molecule has 152 valence electrons. The first-order valence-corrected chi connectivity index (χ1v) is 11.3. The van der Waals surface area contributed by atoms with Crippen LogP contribution < -0.4 is 0 Å². The van der Waals surface area contributed by atoms with E-state index in [1.165, 1.54) is 5.56 Å². The van der Waals surface area contributed by atoms with Crippen LogP contribution in [0.25, 0.3) is 0 Å². The first-order chi connectivity index (χ1) is 14.0. The summed E-state index contributed by atoms with van der Waals surface area (Å²) in [5.74, 6) is 0.591. The number of carbonyl (C=O) groups excluding carboxylic acids is 1. The van der Waals surface area contributed by atoms with Crippen LogP contribution in [0.4, 0.5) is 0 Å². The molecule has 5 heteroatoms. The van der Waals surface area contributed by atoms with Gasteiger partial charge in [0.2, 0.25) is 0 Å². The van der Waals surface area contributed by atoms with Gasteiger partial charge in [0.25, 0.3) is 0 Å². The molecule has 2 bridgehead atoms. The van der Waals surface area contributed by atoms with Gasteiger partial charge in [-0.25, -0.2) is 0 Å². The SMILES string of the molecule is O=C1CCC2C3Cc4ccc(O)c(O)c4C2(CCN3CCc2ccc(Br)cc2)C1. The lowest BCUT2D eigenvalue weighted by atomic mass is 9.52. The molecule has 1 saturated carbocycles. The summed E-state index contributed by atoms with van der Waals surface area (Å²) >= 11 is 3.50. The number of ketones is 1. The van der Waals surface area contributed by atoms with Crippen molar-refractivity contribution in [2.45, 2.75) is 50.0 Å². The highest BCUT2D eigenvalue weighted by atomic mass is 79.9. The molecule has 3 unspecified atom stereocenters. The number of carbonyl (C=O) groups is 1. The van der Waals surface area contributed by atoms with Crippen LogP contribution in [-0.4, -0.2) is 40.0 Å². The summed E-state index contributed by atoms with van der Waals surface area (Å²) in [4.78, 5) is 15.1. The highest BCUT2D eigenvalue weighted by Crippen LogP contribution is 2.58. The number of piperidine rings is 1. The molecule has 5 rings (SSSR count). The van der Waals surface area contributed by atoms with Crippen molar-refractivity contribution in [2.24, 2.45) is 5.92 Å². The number of phenols is 2. The molecule has 0 radical (unpaired) electrons. The molecule has 1 heterocycles. The van der Waals surface area contributed by atoms with Gasteiger partial charge in [0.15, 0.2) is 11.5 Å². The number of halogens is 1. The summed E-state index contributed by atoms with van der Waals surface area (Å²) in [5.41, 5.74) is 2.98. The molecule has 0 spiro atoms. The highest BCUT2D eigenvalue weighted by molar-refractivity contribution is 9.10. The topological polar surface area (TPSA) is 60.8 Å². The van der Waals surface area contributed by atoms with E-state index >= 15 is 0 Å². The molecule has 3 atom stereocenters. The summed E-state index contributed by atoms with van der Waals surface area (Å²) in [5, 5.41) is 20.9. The van der Waals surface area contributed by atoms with Gasteiger partial charge in [-0.15, -0.1) is 0 Å². The Morgan fingerprint density at radius 3 is 2.72 bits per heavy atom. The van der Waals surface area contributed by atoms with E-state index in [1.807, 2.05) is 6.07 Å². The zero-order valence-electron chi connectivity index (χ0n) is 16.4. The maximum Gasteiger partial charge on any atom is 0.161 e. The van der Waals surface area contributed by atoms with Crippen LogP contribution in [0.3, 0.4) is 0 Å². The van der Waals surface area contributed by atoms with E-state index in [1.54, 1.807) is 6.07 Å². The molecular weight excluding hydrogens is 430 g/mol. The molecule has 2 aromatic carbocycles. The quantitative estimate of drug-likeness (QED) is 0.675. The van der Waals surface area contributed by atoms with E-state index in [2.05, 4.69) is 45.1 Å². The zero-order valence-corrected chi connectivity index (χ0v) is 18.0. The maximum atomic E-state index is 12.5. The van der Waals surface area contributed by atoms with Crippen LogP contribution in [0.2, 0.25) is 0 Å². The highest BCUT2D eigenvalue weighted by Gasteiger charge is 2.56. The van der Waals surface area contributed by atoms with Gasteiger partial charge in [-0.3, -0.25) is 9.69 Å². The molecule has 29 heavy (non-hydrogen) atoms. The minimum Gasteiger partial charge on any atom is -0.504 e. The summed E-state index contributed by atoms with van der Waals surface area (Å²) < 4.78 is 1.10. The largest absolute Gasteiger partial charge is 0.504 e. The Morgan fingerprint density at radius 2 is 1.93 bits per heavy atom. The molecule has 2 aromatic rings. The number of hydrogen-bond donors (Lipinski definition) is 2. The summed E-state index contributed by atoms with van der Waals surface area (Å²) in [7, 11) is 0. The van der Waals surface area contributed by atoms with Gasteiger partial charge in [-0.1, -0.05) is 34.1 Å². The molecule has 1 saturated heterocycles. The molecule has 2 fully saturated rings. The van der Waals surface area contributed by atoms with Crippen molar-refractivity contribution in [3.05, 3.63) is 57.6 Å². The number of Topliss-reactive ketones (excluding diaryl/α,β-unsaturated/α-hetero) is 1. The number of likely N-dealkylation sites (tertiary alicyclic amines) is 1. The van der Waals surface area contributed by atoms with Gasteiger partial charge in [0, 0.05) is 40.9 Å². The second-order valence-electron chi connectivity index (χ2n) is 8.92. The third kappa shape index (κ3) is 3.10. The van der Waals surface area contributed by atoms with Crippen molar-refractivity contribution < 1.29 is 15.0 Å². The molecule has 0 amide bonds. The Labute approximate surface area is 179 Å². The van der Waals surface area contributed by atoms with Gasteiger partial charge in [0.05, 0.1) is 0 Å². The van der Waals surface area contributed by atoms with E-state index in [9.17, 15) is 15.0 Å². The fourth-order valence-electron chi connectivity index (χ4n) is 6.21. The number of aromatic hydroxyl groups is 2. The predicted molar refractivity (Wildman–Crippen MR) is 115 cm³/mol. The van der Waals surface area contributed by atoms with Crippen LogP contribution in [0.1, 0.15) is 42.4 Å². The molecular formula is C24H26BrNO3. The van der Waals surface area contributed by atoms with Crippen molar-refractivity contribution in [3.8, 4) is 11.5 Å². The summed E-state index contributed by atoms with van der Waals surface area (Å²) in [6, 6.07) is 12.5. The number of nitrogens with zero attached hydrogens (tertiary/aromatic N) is 1. The van der Waals surface area contributed by atoms with Crippen molar-refractivity contribution in [1.82, 2.24) is 4.90 Å². The van der Waals surface area contributed by atoms with Crippen molar-refractivity contribution in [2.75, 3.05) is 13.1 Å². The Bertz CT molecular complexity index is 957. The lowest BCUT2D eigenvalue weighted by Gasteiger charge is -2.58. The van der Waals surface area contributed by atoms with Crippen LogP contribution in [-0.2, 0) is 23.1 Å². The van der Waals surface area contributed by atoms with Gasteiger partial charge in [-0.2, -0.15) is 0 Å². The fourth-order valence-corrected chi connectivity index (χ4v) is 6.47. The monoisotopic (exact) mass is 455 g/mol. The van der Waals surface area contributed by atoms with E-state index in [0.29, 0.717) is 30.6 Å². The Balaban J connectivity index is 1.47. The third-order valence-corrected chi connectivity index (χ3v) is 8.03. The number of rotatable bonds is 3. The first-order valence-electron chi connectivity index (χ1n) is 10.5. The lowest BCUT2D eigenvalue weighted by Crippen LogP contribution is -2.62. The third-order valence-electron chi connectivity index (χ3n) is 7.51. The predicted octanol–water partition coefficient (Wildman–Crippen LogP) is 4.34. The second-order valence-corrected chi connectivity index (χ2v) is 9.83. The summed E-state index contributed by atoms with van der Waals surface area (Å²) in [6.07, 6.45) is 4.77. The van der Waals surface area contributed by atoms with E-state index < -0.39 is 0 Å². The molecule has 2 aliphatic carbocycles. The van der Waals surface area contributed by atoms with Crippen LogP contribution >= 0.6 is 15.9 Å². The van der Waals surface area contributed by atoms with Crippen molar-refractivity contribution in [3.63, 3.8) is 0 Å². The number of benzene rings is 2. The molecule has 2 N–H and O–H groups in total. The molecule has 3 aliphatic rings. The smallest absolute Gasteiger partial charge is 0.161 e. The minimum atomic E-state index is -0.315. The molecule has 1 aliphatic heterocycles. The first kappa shape index (κ1) is 19.1. The Kier molecular flexibility index (Phi) is 4.71. The van der Waals surface area contributed by atoms with Gasteiger partial charge >= 0.3 is 0 Å². The van der Waals surface area contributed by atoms with Crippen molar-refractivity contribution in [1.29, 1.82) is 0 Å². The van der Waals surface area contributed by atoms with Crippen LogP contribution in [0.15, 0.2) is 40.9 Å². The fraction of sp³-hybridized carbons (Fsp3) is 0.458. The number of phenolic OH excluding ortho intramolecular Hbond substituents is 2. The van der Waals surface area contributed by atoms with Crippen LogP contribution in [0, 0.1) is 5.92 Å². The zero-order chi connectivity index (χ0) is 20.2. The standard InChI is InChI=1S/C24H26BrNO3/c25-17-4-1-15(2-5-17)9-11-26-12-10-24-14-18(27)6-7-19(24)20(26)13-16-3-8-21(28)23(29)22(16)24/h1-5,8,19-20,28-29H,6-7,9-14H2.